The largest absolute Gasteiger partial charge is 0.352 e. The van der Waals surface area contributed by atoms with Crippen molar-refractivity contribution in [1.82, 2.24) is 15.7 Å². The first kappa shape index (κ1) is 15.6. The van der Waals surface area contributed by atoms with Crippen LogP contribution in [-0.4, -0.2) is 27.9 Å². The summed E-state index contributed by atoms with van der Waals surface area (Å²) in [6.45, 7) is 0.867. The molecule has 0 aromatic carbocycles. The minimum absolute atomic E-state index is 0.126. The Hall–Kier alpha value is -1.41. The summed E-state index contributed by atoms with van der Waals surface area (Å²) in [5.74, 6) is 0.126. The molecule has 19 heavy (non-hydrogen) atoms. The van der Waals surface area contributed by atoms with Gasteiger partial charge in [0.25, 0.3) is 5.96 Å². The third-order valence-electron chi connectivity index (χ3n) is 2.01. The van der Waals surface area contributed by atoms with Gasteiger partial charge in [-0.05, 0) is 18.1 Å². The van der Waals surface area contributed by atoms with Crippen molar-refractivity contribution in [2.75, 3.05) is 11.9 Å². The molecule has 0 aliphatic heterocycles. The van der Waals surface area contributed by atoms with Crippen LogP contribution < -0.4 is 10.7 Å². The van der Waals surface area contributed by atoms with Crippen LogP contribution in [0.3, 0.4) is 0 Å². The summed E-state index contributed by atoms with van der Waals surface area (Å²) in [5, 5.41) is 13.8. The van der Waals surface area contributed by atoms with Gasteiger partial charge < -0.3 is 5.32 Å². The van der Waals surface area contributed by atoms with Crippen LogP contribution in [0.25, 0.3) is 0 Å². The zero-order valence-corrected chi connectivity index (χ0v) is 12.3. The van der Waals surface area contributed by atoms with Crippen molar-refractivity contribution in [1.29, 1.82) is 0 Å². The molecule has 0 radical (unpaired) electrons. The summed E-state index contributed by atoms with van der Waals surface area (Å²) in [6.07, 6.45) is 2.41. The lowest BCUT2D eigenvalue weighted by molar-refractivity contribution is -0.525. The molecule has 7 nitrogen and oxygen atoms in total. The van der Waals surface area contributed by atoms with Crippen LogP contribution in [0, 0.1) is 10.1 Å². The number of hydrazine groups is 1. The Bertz CT molecular complexity index is 440. The van der Waals surface area contributed by atoms with E-state index in [2.05, 4.69) is 31.2 Å². The summed E-state index contributed by atoms with van der Waals surface area (Å²) in [6, 6.07) is 3.41. The maximum atomic E-state index is 10.4. The van der Waals surface area contributed by atoms with Gasteiger partial charge in [-0.2, -0.15) is 0 Å². The zero-order chi connectivity index (χ0) is 14.1. The number of aromatic nitrogens is 1. The Balaban J connectivity index is 2.59. The van der Waals surface area contributed by atoms with Crippen LogP contribution >= 0.6 is 27.5 Å². The Morgan fingerprint density at radius 2 is 2.37 bits per heavy atom. The number of nitrogens with one attached hydrogen (secondary N) is 2. The minimum atomic E-state index is -0.653. The van der Waals surface area contributed by atoms with Gasteiger partial charge >= 0.3 is 0 Å². The summed E-state index contributed by atoms with van der Waals surface area (Å²) >= 11 is 8.94. The molecule has 0 unspecified atom stereocenters. The normalized spacial score (nSPS) is 11.2. The molecule has 0 bridgehead atoms. The summed E-state index contributed by atoms with van der Waals surface area (Å²) in [4.78, 5) is 18.4. The molecule has 0 aliphatic rings. The number of halogens is 2. The number of nitrogens with zero attached hydrogens (tertiary/aromatic N) is 3. The van der Waals surface area contributed by atoms with Crippen molar-refractivity contribution in [2.45, 2.75) is 13.0 Å². The lowest BCUT2D eigenvalue weighted by Crippen LogP contribution is -2.41. The average molecular weight is 351 g/mol. The van der Waals surface area contributed by atoms with Gasteiger partial charge in [0.2, 0.25) is 0 Å². The summed E-state index contributed by atoms with van der Waals surface area (Å²) < 4.78 is 0. The molecule has 104 valence electrons. The molecule has 0 atom stereocenters. The third kappa shape index (κ3) is 6.92. The van der Waals surface area contributed by atoms with Crippen molar-refractivity contribution in [2.24, 2.45) is 4.99 Å². The SMILES string of the molecule is O=[N+]([O-])NC(=NCc1ccc(Cl)nc1)NCCCBr. The average Bonchev–Trinajstić information content (AvgIpc) is 2.37. The lowest BCUT2D eigenvalue weighted by Gasteiger charge is -2.06. The second-order valence-electron chi connectivity index (χ2n) is 3.49. The molecule has 9 heteroatoms. The highest BCUT2D eigenvalue weighted by atomic mass is 79.9. The topological polar surface area (TPSA) is 92.5 Å². The van der Waals surface area contributed by atoms with E-state index in [1.807, 2.05) is 5.43 Å². The first-order valence-electron chi connectivity index (χ1n) is 5.47. The van der Waals surface area contributed by atoms with Crippen LogP contribution in [0.2, 0.25) is 5.15 Å². The first-order valence-corrected chi connectivity index (χ1v) is 6.97. The van der Waals surface area contributed by atoms with Crippen molar-refractivity contribution in [3.63, 3.8) is 0 Å². The number of alkyl halides is 1. The van der Waals surface area contributed by atoms with E-state index in [1.165, 1.54) is 0 Å². The van der Waals surface area contributed by atoms with Gasteiger partial charge in [0, 0.05) is 18.1 Å². The number of nitro groups is 1. The second-order valence-corrected chi connectivity index (χ2v) is 4.67. The zero-order valence-electron chi connectivity index (χ0n) is 9.97. The van der Waals surface area contributed by atoms with E-state index in [1.54, 1.807) is 18.3 Å². The number of hydrogen-bond acceptors (Lipinski definition) is 4. The van der Waals surface area contributed by atoms with Gasteiger partial charge in [-0.1, -0.05) is 39.0 Å². The van der Waals surface area contributed by atoms with Crippen LogP contribution in [0.15, 0.2) is 23.3 Å². The number of guanidine groups is 1. The quantitative estimate of drug-likeness (QED) is 0.155. The fourth-order valence-corrected chi connectivity index (χ4v) is 1.55. The molecule has 0 aliphatic carbocycles. The van der Waals surface area contributed by atoms with Crippen molar-refractivity contribution < 1.29 is 5.03 Å². The first-order chi connectivity index (χ1) is 9.11. The summed E-state index contributed by atoms with van der Waals surface area (Å²) in [7, 11) is 0. The minimum Gasteiger partial charge on any atom is -0.352 e. The number of rotatable bonds is 6. The van der Waals surface area contributed by atoms with Crippen molar-refractivity contribution in [3.05, 3.63) is 39.2 Å². The number of aliphatic imine (C=N–C) groups is 1. The molecule has 0 spiro atoms. The Morgan fingerprint density at radius 3 is 2.95 bits per heavy atom. The van der Waals surface area contributed by atoms with Gasteiger partial charge in [-0.15, -0.1) is 0 Å². The van der Waals surface area contributed by atoms with Crippen LogP contribution in [0.4, 0.5) is 0 Å². The number of hydrogen-bond donors (Lipinski definition) is 2. The molecule has 0 amide bonds. The Morgan fingerprint density at radius 1 is 1.58 bits per heavy atom. The molecule has 0 fully saturated rings. The molecular formula is C10H13BrClN5O2. The van der Waals surface area contributed by atoms with E-state index in [0.29, 0.717) is 11.7 Å². The third-order valence-corrected chi connectivity index (χ3v) is 2.79. The summed E-state index contributed by atoms with van der Waals surface area (Å²) in [5.41, 5.74) is 2.83. The Labute approximate surface area is 123 Å². The highest BCUT2D eigenvalue weighted by Gasteiger charge is 2.04. The fraction of sp³-hybridized carbons (Fsp3) is 0.400. The molecule has 1 aromatic rings. The van der Waals surface area contributed by atoms with E-state index in [9.17, 15) is 10.1 Å². The lowest BCUT2D eigenvalue weighted by atomic mass is 10.3. The predicted molar refractivity (Wildman–Crippen MR) is 76.9 cm³/mol. The van der Waals surface area contributed by atoms with Gasteiger partial charge in [0.05, 0.1) is 6.54 Å². The molecule has 2 N–H and O–H groups in total. The van der Waals surface area contributed by atoms with E-state index in [4.69, 9.17) is 11.6 Å². The molecule has 0 saturated heterocycles. The molecule has 1 rings (SSSR count). The van der Waals surface area contributed by atoms with Crippen molar-refractivity contribution >= 4 is 33.5 Å². The van der Waals surface area contributed by atoms with Gasteiger partial charge in [0.15, 0.2) is 5.03 Å². The van der Waals surface area contributed by atoms with E-state index in [-0.39, 0.29) is 12.5 Å². The predicted octanol–water partition coefficient (Wildman–Crippen LogP) is 1.75. The van der Waals surface area contributed by atoms with E-state index >= 15 is 0 Å². The van der Waals surface area contributed by atoms with E-state index < -0.39 is 5.03 Å². The van der Waals surface area contributed by atoms with Crippen LogP contribution in [0.1, 0.15) is 12.0 Å². The molecule has 1 heterocycles. The smallest absolute Gasteiger partial charge is 0.254 e. The van der Waals surface area contributed by atoms with E-state index in [0.717, 1.165) is 17.3 Å². The van der Waals surface area contributed by atoms with Gasteiger partial charge in [0.1, 0.15) is 5.15 Å². The van der Waals surface area contributed by atoms with Crippen LogP contribution in [0.5, 0.6) is 0 Å². The highest BCUT2D eigenvalue weighted by Crippen LogP contribution is 2.05. The Kier molecular flexibility index (Phi) is 7.12. The van der Waals surface area contributed by atoms with Gasteiger partial charge in [-0.3, -0.25) is 0 Å². The second kappa shape index (κ2) is 8.65. The van der Waals surface area contributed by atoms with Gasteiger partial charge in [-0.25, -0.2) is 20.1 Å². The molecular weight excluding hydrogens is 338 g/mol. The van der Waals surface area contributed by atoms with Crippen molar-refractivity contribution in [3.8, 4) is 0 Å². The fourth-order valence-electron chi connectivity index (χ4n) is 1.16. The number of pyridine rings is 1. The molecule has 0 saturated carbocycles. The highest BCUT2D eigenvalue weighted by molar-refractivity contribution is 9.09. The standard InChI is InChI=1S/C10H13BrClN5O2/c11-4-1-5-13-10(16-17(18)19)15-7-8-2-3-9(12)14-6-8/h2-3,6H,1,4-5,7H2,(H2,13,15,16). The van der Waals surface area contributed by atoms with Crippen LogP contribution in [-0.2, 0) is 6.54 Å². The maximum Gasteiger partial charge on any atom is 0.254 e. The maximum absolute atomic E-state index is 10.4. The monoisotopic (exact) mass is 349 g/mol. The molecule has 1 aromatic heterocycles.